The zero-order valence-corrected chi connectivity index (χ0v) is 21.6. The van der Waals surface area contributed by atoms with Crippen molar-refractivity contribution in [3.8, 4) is 11.5 Å². The molecule has 1 aromatic heterocycles. The van der Waals surface area contributed by atoms with Crippen molar-refractivity contribution in [3.05, 3.63) is 60.4 Å². The third-order valence-electron chi connectivity index (χ3n) is 4.81. The number of ether oxygens (including phenoxy) is 2. The number of carbonyl (C=O) groups is 1. The molecule has 3 aromatic rings. The van der Waals surface area contributed by atoms with Crippen molar-refractivity contribution in [2.24, 2.45) is 0 Å². The van der Waals surface area contributed by atoms with Gasteiger partial charge in [-0.3, -0.25) is 9.10 Å². The molecule has 0 aliphatic heterocycles. The number of hydrogen-bond acceptors (Lipinski definition) is 9. The van der Waals surface area contributed by atoms with E-state index < -0.39 is 32.5 Å². The van der Waals surface area contributed by atoms with Crippen LogP contribution in [0.25, 0.3) is 0 Å². The van der Waals surface area contributed by atoms with Crippen molar-refractivity contribution in [2.75, 3.05) is 41.4 Å². The van der Waals surface area contributed by atoms with Crippen LogP contribution in [0.3, 0.4) is 0 Å². The zero-order chi connectivity index (χ0) is 26.5. The second kappa shape index (κ2) is 10.8. The summed E-state index contributed by atoms with van der Waals surface area (Å²) in [6, 6.07) is 11.5. The molecule has 0 fully saturated rings. The Labute approximate surface area is 209 Å². The van der Waals surface area contributed by atoms with Crippen LogP contribution in [0.4, 0.5) is 17.3 Å². The topological polar surface area (TPSA) is 157 Å². The van der Waals surface area contributed by atoms with Crippen molar-refractivity contribution in [3.63, 3.8) is 0 Å². The van der Waals surface area contributed by atoms with Gasteiger partial charge in [0.2, 0.25) is 21.9 Å². The molecule has 0 unspecified atom stereocenters. The predicted molar refractivity (Wildman–Crippen MR) is 134 cm³/mol. The summed E-state index contributed by atoms with van der Waals surface area (Å²) in [5.74, 6) is -0.122. The number of methoxy groups -OCH3 is 2. The van der Waals surface area contributed by atoms with Crippen LogP contribution >= 0.6 is 0 Å². The van der Waals surface area contributed by atoms with Gasteiger partial charge >= 0.3 is 0 Å². The Kier molecular flexibility index (Phi) is 8.00. The largest absolute Gasteiger partial charge is 0.497 e. The first-order chi connectivity index (χ1) is 16.9. The van der Waals surface area contributed by atoms with Crippen molar-refractivity contribution in [1.82, 2.24) is 9.97 Å². The predicted octanol–water partition coefficient (Wildman–Crippen LogP) is 2.01. The number of aryl methyl sites for hydroxylation is 1. The first-order valence-corrected chi connectivity index (χ1v) is 13.7. The van der Waals surface area contributed by atoms with E-state index in [1.165, 1.54) is 56.8 Å². The van der Waals surface area contributed by atoms with Crippen LogP contribution in [0.1, 0.15) is 5.69 Å². The van der Waals surface area contributed by atoms with Crippen LogP contribution in [0.15, 0.2) is 59.6 Å². The van der Waals surface area contributed by atoms with Crippen LogP contribution < -0.4 is 23.8 Å². The minimum atomic E-state index is -3.97. The maximum absolute atomic E-state index is 12.7. The summed E-state index contributed by atoms with van der Waals surface area (Å²) in [6.07, 6.45) is 2.39. The molecule has 0 saturated carbocycles. The Bertz CT molecular complexity index is 1460. The lowest BCUT2D eigenvalue weighted by molar-refractivity contribution is -0.114. The number of carbonyl (C=O) groups excluding carboxylic acids is 1. The molecule has 1 amide bonds. The molecule has 0 radical (unpaired) electrons. The number of hydrogen-bond donors (Lipinski definition) is 2. The van der Waals surface area contributed by atoms with Gasteiger partial charge in [-0.1, -0.05) is 0 Å². The van der Waals surface area contributed by atoms with Crippen LogP contribution in [0.2, 0.25) is 0 Å². The molecule has 3 rings (SSSR count). The zero-order valence-electron chi connectivity index (χ0n) is 19.9. The second-order valence-corrected chi connectivity index (χ2v) is 11.1. The molecule has 2 N–H and O–H groups in total. The Morgan fingerprint density at radius 1 is 1.00 bits per heavy atom. The maximum Gasteiger partial charge on any atom is 0.264 e. The smallest absolute Gasteiger partial charge is 0.264 e. The molecule has 0 spiro atoms. The molecular formula is C22H25N5O7S2. The van der Waals surface area contributed by atoms with Gasteiger partial charge in [0, 0.05) is 23.6 Å². The van der Waals surface area contributed by atoms with E-state index in [4.69, 9.17) is 9.47 Å². The van der Waals surface area contributed by atoms with Crippen LogP contribution in [-0.2, 0) is 24.8 Å². The molecular weight excluding hydrogens is 510 g/mol. The molecule has 192 valence electrons. The molecule has 0 aliphatic rings. The highest BCUT2D eigenvalue weighted by Gasteiger charge is 2.25. The summed E-state index contributed by atoms with van der Waals surface area (Å²) >= 11 is 0. The number of benzene rings is 2. The Hall–Kier alpha value is -3.91. The van der Waals surface area contributed by atoms with E-state index >= 15 is 0 Å². The number of nitrogens with one attached hydrogen (secondary N) is 2. The van der Waals surface area contributed by atoms with E-state index in [2.05, 4.69) is 20.0 Å². The summed E-state index contributed by atoms with van der Waals surface area (Å²) in [5, 5.41) is 2.56. The highest BCUT2D eigenvalue weighted by atomic mass is 32.2. The highest BCUT2D eigenvalue weighted by Crippen LogP contribution is 2.33. The van der Waals surface area contributed by atoms with Gasteiger partial charge in [0.05, 0.1) is 31.1 Å². The van der Waals surface area contributed by atoms with Gasteiger partial charge in [-0.05, 0) is 49.4 Å². The fourth-order valence-corrected chi connectivity index (χ4v) is 4.90. The average molecular weight is 536 g/mol. The Morgan fingerprint density at radius 2 is 1.69 bits per heavy atom. The molecule has 0 atom stereocenters. The van der Waals surface area contributed by atoms with E-state index in [0.29, 0.717) is 11.4 Å². The lowest BCUT2D eigenvalue weighted by Gasteiger charge is -2.24. The first kappa shape index (κ1) is 26.7. The van der Waals surface area contributed by atoms with Gasteiger partial charge in [0.1, 0.15) is 18.0 Å². The Morgan fingerprint density at radius 3 is 2.28 bits per heavy atom. The number of nitrogens with zero attached hydrogens (tertiary/aromatic N) is 3. The summed E-state index contributed by atoms with van der Waals surface area (Å²) < 4.78 is 63.7. The van der Waals surface area contributed by atoms with Crippen molar-refractivity contribution < 1.29 is 31.1 Å². The van der Waals surface area contributed by atoms with Crippen molar-refractivity contribution in [1.29, 1.82) is 0 Å². The fourth-order valence-electron chi connectivity index (χ4n) is 3.10. The van der Waals surface area contributed by atoms with Crippen molar-refractivity contribution in [2.45, 2.75) is 11.8 Å². The van der Waals surface area contributed by atoms with Gasteiger partial charge in [0.15, 0.2) is 0 Å². The molecule has 0 aliphatic carbocycles. The quantitative estimate of drug-likeness (QED) is 0.396. The lowest BCUT2D eigenvalue weighted by Crippen LogP contribution is -2.37. The van der Waals surface area contributed by atoms with Gasteiger partial charge in [-0.2, -0.15) is 0 Å². The molecule has 2 aromatic carbocycles. The second-order valence-electron chi connectivity index (χ2n) is 7.51. The van der Waals surface area contributed by atoms with E-state index in [-0.39, 0.29) is 28.0 Å². The minimum Gasteiger partial charge on any atom is -0.497 e. The number of amides is 1. The number of rotatable bonds is 10. The molecule has 12 nitrogen and oxygen atoms in total. The van der Waals surface area contributed by atoms with E-state index in [0.717, 1.165) is 10.6 Å². The maximum atomic E-state index is 12.7. The third kappa shape index (κ3) is 6.60. The fraction of sp³-hybridized carbons (Fsp3) is 0.227. The minimum absolute atomic E-state index is 0.0683. The van der Waals surface area contributed by atoms with E-state index in [9.17, 15) is 21.6 Å². The van der Waals surface area contributed by atoms with Crippen LogP contribution in [-0.4, -0.2) is 59.7 Å². The van der Waals surface area contributed by atoms with Crippen LogP contribution in [0, 0.1) is 6.92 Å². The normalized spacial score (nSPS) is 11.4. The summed E-state index contributed by atoms with van der Waals surface area (Å²) in [4.78, 5) is 20.5. The van der Waals surface area contributed by atoms with Crippen molar-refractivity contribution >= 4 is 43.3 Å². The molecule has 0 saturated heterocycles. The highest BCUT2D eigenvalue weighted by molar-refractivity contribution is 7.92. The third-order valence-corrected chi connectivity index (χ3v) is 7.28. The number of sulfonamides is 2. The number of aromatic nitrogens is 2. The molecule has 36 heavy (non-hydrogen) atoms. The first-order valence-electron chi connectivity index (χ1n) is 10.3. The van der Waals surface area contributed by atoms with E-state index in [1.54, 1.807) is 19.1 Å². The number of anilines is 3. The van der Waals surface area contributed by atoms with E-state index in [1.807, 2.05) is 0 Å². The van der Waals surface area contributed by atoms with Gasteiger partial charge in [-0.15, -0.1) is 0 Å². The summed E-state index contributed by atoms with van der Waals surface area (Å²) in [5.41, 5.74) is 0.979. The summed E-state index contributed by atoms with van der Waals surface area (Å²) in [6.45, 7) is 1.14. The summed E-state index contributed by atoms with van der Waals surface area (Å²) in [7, 11) is -5.05. The average Bonchev–Trinajstić information content (AvgIpc) is 2.81. The Balaban J connectivity index is 1.76. The standard InChI is InChI=1S/C22H25N5O7S2/c1-15-11-12-23-22(24-15)26-36(31,32)18-8-5-16(6-9-18)25-21(28)14-27(35(4,29)30)19-13-17(33-2)7-10-20(19)34-3/h5-13H,14H2,1-4H3,(H,25,28)(H,23,24,26). The lowest BCUT2D eigenvalue weighted by atomic mass is 10.2. The van der Waals surface area contributed by atoms with Crippen LogP contribution in [0.5, 0.6) is 11.5 Å². The SMILES string of the molecule is COc1ccc(OC)c(N(CC(=O)Nc2ccc(S(=O)(=O)Nc3nccc(C)n3)cc2)S(C)(=O)=O)c1. The monoisotopic (exact) mass is 535 g/mol. The van der Waals surface area contributed by atoms with Gasteiger partial charge < -0.3 is 14.8 Å². The van der Waals surface area contributed by atoms with Gasteiger partial charge in [-0.25, -0.2) is 31.5 Å². The molecule has 14 heteroatoms. The molecule has 1 heterocycles. The molecule has 0 bridgehead atoms. The van der Waals surface area contributed by atoms with Gasteiger partial charge in [0.25, 0.3) is 10.0 Å².